The fourth-order valence-corrected chi connectivity index (χ4v) is 3.88. The fraction of sp³-hybridized carbons (Fsp3) is 0.250. The molecule has 0 aliphatic heterocycles. The first kappa shape index (κ1) is 19.1. The Labute approximate surface area is 158 Å². The molecule has 0 atom stereocenters. The molecule has 142 valence electrons. The van der Waals surface area contributed by atoms with Crippen molar-refractivity contribution in [1.29, 1.82) is 0 Å². The van der Waals surface area contributed by atoms with Crippen LogP contribution >= 0.6 is 0 Å². The molecule has 1 heterocycles. The Morgan fingerprint density at radius 2 is 1.78 bits per heavy atom. The van der Waals surface area contributed by atoms with E-state index in [1.165, 1.54) is 12.1 Å². The summed E-state index contributed by atoms with van der Waals surface area (Å²) in [4.78, 5) is 4.19. The summed E-state index contributed by atoms with van der Waals surface area (Å²) >= 11 is 0. The first-order valence-corrected chi connectivity index (χ1v) is 10.3. The van der Waals surface area contributed by atoms with Crippen molar-refractivity contribution in [3.63, 3.8) is 0 Å². The SMILES string of the molecule is CCCCc1nc(S(=O)(=O)c2ccc(F)cc2)c(NCc2ccccc2)o1. The molecule has 7 heteroatoms. The standard InChI is InChI=1S/C20H21FN2O3S/c1-2-3-9-18-23-20(27(24,25)17-12-10-16(21)11-13-17)19(26-18)22-14-15-7-5-4-6-8-15/h4-8,10-13,22H,2-3,9,14H2,1H3. The van der Waals surface area contributed by atoms with Gasteiger partial charge in [0.05, 0.1) is 4.90 Å². The Morgan fingerprint density at radius 3 is 2.44 bits per heavy atom. The average molecular weight is 388 g/mol. The highest BCUT2D eigenvalue weighted by Crippen LogP contribution is 2.29. The molecule has 0 aliphatic carbocycles. The summed E-state index contributed by atoms with van der Waals surface area (Å²) in [6.45, 7) is 2.43. The first-order chi connectivity index (χ1) is 13.0. The van der Waals surface area contributed by atoms with Crippen LogP contribution in [0, 0.1) is 5.82 Å². The zero-order valence-corrected chi connectivity index (χ0v) is 15.8. The third-order valence-corrected chi connectivity index (χ3v) is 5.74. The molecule has 3 aromatic rings. The van der Waals surface area contributed by atoms with E-state index in [9.17, 15) is 12.8 Å². The summed E-state index contributed by atoms with van der Waals surface area (Å²) in [6.07, 6.45) is 2.33. The van der Waals surface area contributed by atoms with E-state index in [2.05, 4.69) is 10.3 Å². The van der Waals surface area contributed by atoms with E-state index < -0.39 is 15.7 Å². The van der Waals surface area contributed by atoms with Gasteiger partial charge in [-0.25, -0.2) is 12.8 Å². The zero-order chi connectivity index (χ0) is 19.3. The summed E-state index contributed by atoms with van der Waals surface area (Å²) in [5.74, 6) is -0.0254. The van der Waals surface area contributed by atoms with Gasteiger partial charge in [-0.1, -0.05) is 43.7 Å². The predicted octanol–water partition coefficient (Wildman–Crippen LogP) is 4.60. The second-order valence-corrected chi connectivity index (χ2v) is 8.01. The molecule has 0 bridgehead atoms. The maximum atomic E-state index is 13.2. The number of aryl methyl sites for hydroxylation is 1. The van der Waals surface area contributed by atoms with E-state index in [0.29, 0.717) is 18.9 Å². The number of rotatable bonds is 8. The van der Waals surface area contributed by atoms with Gasteiger partial charge in [0.25, 0.3) is 0 Å². The van der Waals surface area contributed by atoms with Gasteiger partial charge in [-0.15, -0.1) is 0 Å². The van der Waals surface area contributed by atoms with E-state index in [-0.39, 0.29) is 15.8 Å². The number of nitrogens with one attached hydrogen (secondary N) is 1. The van der Waals surface area contributed by atoms with Crippen molar-refractivity contribution in [1.82, 2.24) is 4.98 Å². The van der Waals surface area contributed by atoms with E-state index in [1.807, 2.05) is 37.3 Å². The Hall–Kier alpha value is -2.67. The minimum atomic E-state index is -3.93. The van der Waals surface area contributed by atoms with Crippen LogP contribution in [0.15, 0.2) is 68.9 Å². The molecule has 0 amide bonds. The van der Waals surface area contributed by atoms with Gasteiger partial charge in [0.2, 0.25) is 20.7 Å². The molecule has 2 aromatic carbocycles. The number of benzene rings is 2. The van der Waals surface area contributed by atoms with Crippen LogP contribution < -0.4 is 5.32 Å². The molecule has 0 saturated heterocycles. The highest BCUT2D eigenvalue weighted by molar-refractivity contribution is 7.91. The number of oxazole rings is 1. The van der Waals surface area contributed by atoms with Crippen LogP contribution in [0.3, 0.4) is 0 Å². The van der Waals surface area contributed by atoms with Gasteiger partial charge in [0.1, 0.15) is 5.82 Å². The second-order valence-electron chi connectivity index (χ2n) is 6.14. The van der Waals surface area contributed by atoms with Crippen molar-refractivity contribution < 1.29 is 17.2 Å². The van der Waals surface area contributed by atoms with Gasteiger partial charge < -0.3 is 9.73 Å². The minimum Gasteiger partial charge on any atom is -0.424 e. The lowest BCUT2D eigenvalue weighted by atomic mass is 10.2. The van der Waals surface area contributed by atoms with Crippen molar-refractivity contribution in [2.75, 3.05) is 5.32 Å². The lowest BCUT2D eigenvalue weighted by Crippen LogP contribution is -2.07. The normalized spacial score (nSPS) is 11.5. The number of anilines is 1. The Morgan fingerprint density at radius 1 is 1.07 bits per heavy atom. The molecule has 27 heavy (non-hydrogen) atoms. The monoisotopic (exact) mass is 388 g/mol. The van der Waals surface area contributed by atoms with Crippen molar-refractivity contribution in [2.45, 2.75) is 42.7 Å². The van der Waals surface area contributed by atoms with E-state index >= 15 is 0 Å². The fourth-order valence-electron chi connectivity index (χ4n) is 2.58. The number of aromatic nitrogens is 1. The van der Waals surface area contributed by atoms with Crippen molar-refractivity contribution in [3.8, 4) is 0 Å². The molecule has 3 rings (SSSR count). The highest BCUT2D eigenvalue weighted by Gasteiger charge is 2.28. The molecule has 0 radical (unpaired) electrons. The summed E-state index contributed by atoms with van der Waals surface area (Å²) in [7, 11) is -3.93. The Bertz CT molecular complexity index is 984. The zero-order valence-electron chi connectivity index (χ0n) is 15.0. The number of nitrogens with zero attached hydrogens (tertiary/aromatic N) is 1. The third-order valence-electron chi connectivity index (χ3n) is 4.06. The van der Waals surface area contributed by atoms with Gasteiger partial charge in [-0.05, 0) is 36.2 Å². The minimum absolute atomic E-state index is 0.0259. The first-order valence-electron chi connectivity index (χ1n) is 8.79. The predicted molar refractivity (Wildman–Crippen MR) is 101 cm³/mol. The van der Waals surface area contributed by atoms with Crippen molar-refractivity contribution in [2.24, 2.45) is 0 Å². The number of hydrogen-bond donors (Lipinski definition) is 1. The van der Waals surface area contributed by atoms with Gasteiger partial charge in [0.15, 0.2) is 5.89 Å². The van der Waals surface area contributed by atoms with Gasteiger partial charge in [0, 0.05) is 13.0 Å². The molecule has 0 spiro atoms. The van der Waals surface area contributed by atoms with Crippen LogP contribution in [-0.4, -0.2) is 13.4 Å². The second kappa shape index (κ2) is 8.35. The maximum absolute atomic E-state index is 13.2. The summed E-state index contributed by atoms with van der Waals surface area (Å²) in [5, 5.41) is 2.86. The molecule has 0 aliphatic rings. The quantitative estimate of drug-likeness (QED) is 0.571. The van der Waals surface area contributed by atoms with Crippen LogP contribution in [0.5, 0.6) is 0 Å². The Kier molecular flexibility index (Phi) is 5.91. The lowest BCUT2D eigenvalue weighted by molar-refractivity contribution is 0.495. The summed E-state index contributed by atoms with van der Waals surface area (Å²) in [5.41, 5.74) is 0.981. The molecule has 0 fully saturated rings. The van der Waals surface area contributed by atoms with Crippen LogP contribution in [0.4, 0.5) is 10.3 Å². The molecule has 1 N–H and O–H groups in total. The number of halogens is 1. The molecular formula is C20H21FN2O3S. The van der Waals surface area contributed by atoms with Crippen LogP contribution in [0.1, 0.15) is 31.2 Å². The third kappa shape index (κ3) is 4.54. The Balaban J connectivity index is 1.94. The van der Waals surface area contributed by atoms with Crippen LogP contribution in [-0.2, 0) is 22.8 Å². The van der Waals surface area contributed by atoms with Crippen molar-refractivity contribution >= 4 is 15.7 Å². The smallest absolute Gasteiger partial charge is 0.233 e. The van der Waals surface area contributed by atoms with Gasteiger partial charge in [-0.2, -0.15) is 4.98 Å². The molecule has 1 aromatic heterocycles. The van der Waals surface area contributed by atoms with E-state index in [0.717, 1.165) is 30.5 Å². The average Bonchev–Trinajstić information content (AvgIpc) is 3.10. The molecular weight excluding hydrogens is 367 g/mol. The van der Waals surface area contributed by atoms with Gasteiger partial charge >= 0.3 is 0 Å². The largest absolute Gasteiger partial charge is 0.424 e. The highest BCUT2D eigenvalue weighted by atomic mass is 32.2. The molecule has 0 saturated carbocycles. The number of sulfone groups is 1. The van der Waals surface area contributed by atoms with Crippen LogP contribution in [0.25, 0.3) is 0 Å². The van der Waals surface area contributed by atoms with Gasteiger partial charge in [-0.3, -0.25) is 0 Å². The van der Waals surface area contributed by atoms with E-state index in [1.54, 1.807) is 0 Å². The van der Waals surface area contributed by atoms with Crippen molar-refractivity contribution in [3.05, 3.63) is 71.9 Å². The van der Waals surface area contributed by atoms with E-state index in [4.69, 9.17) is 4.42 Å². The molecule has 0 unspecified atom stereocenters. The number of unbranched alkanes of at least 4 members (excludes halogenated alkanes) is 1. The number of hydrogen-bond acceptors (Lipinski definition) is 5. The lowest BCUT2D eigenvalue weighted by Gasteiger charge is -2.06. The maximum Gasteiger partial charge on any atom is 0.233 e. The molecule has 5 nitrogen and oxygen atoms in total. The topological polar surface area (TPSA) is 72.2 Å². The summed E-state index contributed by atoms with van der Waals surface area (Å²) in [6, 6.07) is 14.2. The van der Waals surface area contributed by atoms with Crippen LogP contribution in [0.2, 0.25) is 0 Å². The summed E-state index contributed by atoms with van der Waals surface area (Å²) < 4.78 is 44.8.